The lowest BCUT2D eigenvalue weighted by molar-refractivity contribution is 0.591. The van der Waals surface area contributed by atoms with E-state index in [2.05, 4.69) is 447 Å². The fourth-order valence-corrected chi connectivity index (χ4v) is 21.6. The monoisotopic (exact) mass is 1570 g/mol. The zero-order chi connectivity index (χ0) is 80.0. The Labute approximate surface area is 700 Å². The third kappa shape index (κ3) is 15.8. The Hall–Kier alpha value is -11.6. The van der Waals surface area contributed by atoms with Gasteiger partial charge in [0, 0.05) is 80.7 Å². The van der Waals surface area contributed by atoms with Crippen molar-refractivity contribution in [3.63, 3.8) is 0 Å². The Morgan fingerprint density at radius 3 is 0.888 bits per heavy atom. The van der Waals surface area contributed by atoms with Crippen LogP contribution in [0, 0.1) is 0 Å². The molecule has 0 N–H and O–H groups in total. The fourth-order valence-electron chi connectivity index (χ4n) is 16.3. The van der Waals surface area contributed by atoms with Gasteiger partial charge < -0.3 is 0 Å². The lowest BCUT2D eigenvalue weighted by atomic mass is 9.84. The van der Waals surface area contributed by atoms with Crippen molar-refractivity contribution in [2.45, 2.75) is 105 Å². The average Bonchev–Trinajstić information content (AvgIpc) is 1.61. The summed E-state index contributed by atoms with van der Waals surface area (Å²) in [6.07, 6.45) is 0. The molecule has 0 aliphatic heterocycles. The fraction of sp³-hybridized carbons (Fsp3) is 0.143. The van der Waals surface area contributed by atoms with Gasteiger partial charge in [0.05, 0.1) is 0 Å². The number of rotatable bonds is 8. The summed E-state index contributed by atoms with van der Waals surface area (Å²) >= 11 is 7.67. The molecule has 0 amide bonds. The Balaban J connectivity index is 0.000000111. The van der Waals surface area contributed by atoms with E-state index >= 15 is 0 Å². The van der Waals surface area contributed by atoms with Gasteiger partial charge in [0.15, 0.2) is 0 Å². The standard InChI is InChI=1S/4C28H24S/c1-28(2,3)24-16-9-17-25-26(24)23-15-8-14-22(27(23)29-25)21-13-7-12-20(18-21)19-10-5-4-6-11-19;1-28(2,3)25-17-9-16-24-23-15-8-14-22(26(23)29-27(24)25)21-13-7-12-20(18-21)19-10-5-4-6-11-19;1-28(2,3)22-15-16-24-25-14-8-13-23(27(25)29-26(24)18-22)21-12-7-11-20(17-21)19-9-5-4-6-10-19;1-28(2,3)22-15-16-26-25(18-22)24-14-8-13-23(27(24)29-26)21-12-7-11-20(17-21)19-9-5-4-6-10-19/h4*4-18H,1-3H3. The van der Waals surface area contributed by atoms with Gasteiger partial charge in [0.25, 0.3) is 0 Å². The number of hydrogen-bond acceptors (Lipinski definition) is 4. The molecule has 0 atom stereocenters. The molecule has 0 spiro atoms. The third-order valence-electron chi connectivity index (χ3n) is 22.5. The normalized spacial score (nSPS) is 12.0. The van der Waals surface area contributed by atoms with Gasteiger partial charge in [-0.15, -0.1) is 45.3 Å². The minimum absolute atomic E-state index is 0.122. The Morgan fingerprint density at radius 2 is 0.466 bits per heavy atom. The molecule has 20 rings (SSSR count). The first-order valence-electron chi connectivity index (χ1n) is 40.5. The first-order chi connectivity index (χ1) is 56.1. The molecule has 568 valence electrons. The lowest BCUT2D eigenvalue weighted by Gasteiger charge is -2.20. The summed E-state index contributed by atoms with van der Waals surface area (Å²) in [4.78, 5) is 0. The van der Waals surface area contributed by atoms with Gasteiger partial charge in [0.1, 0.15) is 0 Å². The molecule has 0 nitrogen and oxygen atoms in total. The lowest BCUT2D eigenvalue weighted by Crippen LogP contribution is -2.11. The van der Waals surface area contributed by atoms with Crippen LogP contribution in [0.4, 0.5) is 0 Å². The maximum Gasteiger partial charge on any atom is 0.0433 e. The number of thiophene rings is 4. The Bertz CT molecular complexity index is 6760. The molecule has 20 aromatic rings. The molecule has 0 radical (unpaired) electrons. The first-order valence-corrected chi connectivity index (χ1v) is 43.8. The van der Waals surface area contributed by atoms with Crippen LogP contribution < -0.4 is 0 Å². The van der Waals surface area contributed by atoms with Gasteiger partial charge in [-0.3, -0.25) is 0 Å². The van der Waals surface area contributed by atoms with E-state index in [1.807, 2.05) is 45.3 Å². The highest BCUT2D eigenvalue weighted by molar-refractivity contribution is 7.27. The van der Waals surface area contributed by atoms with E-state index in [0.717, 1.165) is 0 Å². The Kier molecular flexibility index (Phi) is 21.2. The van der Waals surface area contributed by atoms with E-state index in [1.54, 1.807) is 0 Å². The van der Waals surface area contributed by atoms with Gasteiger partial charge in [-0.05, 0) is 181 Å². The van der Waals surface area contributed by atoms with Crippen LogP contribution in [-0.4, -0.2) is 0 Å². The molecule has 0 aliphatic rings. The van der Waals surface area contributed by atoms with E-state index in [9.17, 15) is 0 Å². The molecule has 0 saturated heterocycles. The van der Waals surface area contributed by atoms with Crippen molar-refractivity contribution in [2.75, 3.05) is 0 Å². The van der Waals surface area contributed by atoms with E-state index in [1.165, 1.54) is 192 Å². The van der Waals surface area contributed by atoms with Crippen LogP contribution >= 0.6 is 45.3 Å². The van der Waals surface area contributed by atoms with E-state index in [0.29, 0.717) is 0 Å². The highest BCUT2D eigenvalue weighted by Gasteiger charge is 2.25. The molecule has 0 saturated carbocycles. The van der Waals surface area contributed by atoms with E-state index < -0.39 is 0 Å². The smallest absolute Gasteiger partial charge is 0.0433 e. The van der Waals surface area contributed by atoms with Gasteiger partial charge in [-0.25, -0.2) is 0 Å². The molecule has 0 aliphatic carbocycles. The number of hydrogen-bond donors (Lipinski definition) is 0. The summed E-state index contributed by atoms with van der Waals surface area (Å²) < 4.78 is 11.0. The number of benzene rings is 16. The van der Waals surface area contributed by atoms with Crippen molar-refractivity contribution in [3.8, 4) is 89.0 Å². The van der Waals surface area contributed by atoms with Gasteiger partial charge in [-0.1, -0.05) is 399 Å². The molecular weight excluding hydrogens is 1470 g/mol. The second kappa shape index (κ2) is 31.9. The second-order valence-corrected chi connectivity index (χ2v) is 38.9. The highest BCUT2D eigenvalue weighted by atomic mass is 32.1. The minimum Gasteiger partial charge on any atom is -0.135 e. The summed E-state index contributed by atoms with van der Waals surface area (Å²) in [6.45, 7) is 27.5. The summed E-state index contributed by atoms with van der Waals surface area (Å²) in [7, 11) is 0. The zero-order valence-electron chi connectivity index (χ0n) is 68.3. The molecule has 4 heteroatoms. The van der Waals surface area contributed by atoms with Gasteiger partial charge in [0.2, 0.25) is 0 Å². The summed E-state index contributed by atoms with van der Waals surface area (Å²) in [6, 6.07) is 132. The summed E-state index contributed by atoms with van der Waals surface area (Å²) in [5, 5.41) is 11.0. The number of fused-ring (bicyclic) bond motifs is 12. The van der Waals surface area contributed by atoms with Crippen LogP contribution in [0.5, 0.6) is 0 Å². The first kappa shape index (κ1) is 77.0. The van der Waals surface area contributed by atoms with Crippen LogP contribution in [0.1, 0.15) is 105 Å². The molecular formula is C112H96S4. The molecule has 4 heterocycles. The van der Waals surface area contributed by atoms with E-state index in [-0.39, 0.29) is 21.7 Å². The van der Waals surface area contributed by atoms with Crippen LogP contribution in [-0.2, 0) is 21.7 Å². The van der Waals surface area contributed by atoms with E-state index in [4.69, 9.17) is 0 Å². The van der Waals surface area contributed by atoms with Crippen molar-refractivity contribution in [3.05, 3.63) is 386 Å². The van der Waals surface area contributed by atoms with Crippen molar-refractivity contribution >= 4 is 126 Å². The third-order valence-corrected chi connectivity index (χ3v) is 27.4. The van der Waals surface area contributed by atoms with Crippen molar-refractivity contribution in [2.24, 2.45) is 0 Å². The predicted octanol–water partition coefficient (Wildman–Crippen LogP) is 34.7. The van der Waals surface area contributed by atoms with Crippen molar-refractivity contribution in [1.29, 1.82) is 0 Å². The largest absolute Gasteiger partial charge is 0.135 e. The van der Waals surface area contributed by atoms with Gasteiger partial charge in [-0.2, -0.15) is 0 Å². The maximum atomic E-state index is 2.39. The second-order valence-electron chi connectivity index (χ2n) is 34.7. The van der Waals surface area contributed by atoms with Gasteiger partial charge >= 0.3 is 0 Å². The van der Waals surface area contributed by atoms with Crippen molar-refractivity contribution in [1.82, 2.24) is 0 Å². The molecule has 116 heavy (non-hydrogen) atoms. The van der Waals surface area contributed by atoms with Crippen LogP contribution in [0.3, 0.4) is 0 Å². The quantitative estimate of drug-likeness (QED) is 0.142. The molecule has 0 unspecified atom stereocenters. The zero-order valence-corrected chi connectivity index (χ0v) is 71.5. The molecule has 4 aromatic heterocycles. The summed E-state index contributed by atoms with van der Waals surface area (Å²) in [5.41, 5.74) is 26.7. The minimum atomic E-state index is 0.122. The average molecular weight is 1570 g/mol. The molecule has 16 aromatic carbocycles. The molecule has 0 bridgehead atoms. The topological polar surface area (TPSA) is 0 Å². The van der Waals surface area contributed by atoms with Crippen LogP contribution in [0.2, 0.25) is 0 Å². The van der Waals surface area contributed by atoms with Crippen LogP contribution in [0.15, 0.2) is 364 Å². The highest BCUT2D eigenvalue weighted by Crippen LogP contribution is 2.49. The molecule has 0 fully saturated rings. The summed E-state index contributed by atoms with van der Waals surface area (Å²) in [5.74, 6) is 0. The Morgan fingerprint density at radius 1 is 0.164 bits per heavy atom. The van der Waals surface area contributed by atoms with Crippen LogP contribution in [0.25, 0.3) is 170 Å². The van der Waals surface area contributed by atoms with Crippen molar-refractivity contribution < 1.29 is 0 Å². The predicted molar refractivity (Wildman–Crippen MR) is 516 cm³/mol. The maximum absolute atomic E-state index is 2.39. The SMILES string of the molecule is CC(C)(C)c1ccc2c(c1)sc1c(-c3cccc(-c4ccccc4)c3)cccc12.CC(C)(C)c1ccc2sc3c(-c4cccc(-c5ccccc5)c4)cccc3c2c1.CC(C)(C)c1cccc2c1sc1c(-c3cccc(-c4ccccc4)c3)cccc12.CC(C)(C)c1cccc2sc3c(-c4cccc(-c5ccccc5)c4)cccc3c12.